The minimum atomic E-state index is -0.945. The van der Waals surface area contributed by atoms with Gasteiger partial charge in [-0.15, -0.1) is 0 Å². The first-order valence-corrected chi connectivity index (χ1v) is 5.22. The van der Waals surface area contributed by atoms with Crippen molar-refractivity contribution in [3.63, 3.8) is 0 Å². The summed E-state index contributed by atoms with van der Waals surface area (Å²) in [5.41, 5.74) is 2.17. The van der Waals surface area contributed by atoms with Gasteiger partial charge in [-0.25, -0.2) is 4.39 Å². The summed E-state index contributed by atoms with van der Waals surface area (Å²) in [7, 11) is 0. The predicted molar refractivity (Wildman–Crippen MR) is 55.1 cm³/mol. The Morgan fingerprint density at radius 3 is 2.57 bits per heavy atom. The summed E-state index contributed by atoms with van der Waals surface area (Å²) in [5.74, 6) is -1.33. The number of alkyl halides is 1. The van der Waals surface area contributed by atoms with Crippen molar-refractivity contribution in [3.8, 4) is 0 Å². The molecule has 0 spiro atoms. The summed E-state index contributed by atoms with van der Waals surface area (Å²) >= 11 is 3.23. The standard InChI is InChI=1S/C10H10BrFO2/c1-6-7(4-10(13)14)2-9(12)3-8(6)5-11/h2-3H,4-5H2,1H3,(H,13,14). The summed E-state index contributed by atoms with van der Waals surface area (Å²) in [6.45, 7) is 1.80. The normalized spacial score (nSPS) is 10.2. The highest BCUT2D eigenvalue weighted by Crippen LogP contribution is 2.19. The van der Waals surface area contributed by atoms with Crippen LogP contribution in [0.25, 0.3) is 0 Å². The average molecular weight is 261 g/mol. The van der Waals surface area contributed by atoms with Crippen molar-refractivity contribution in [2.45, 2.75) is 18.7 Å². The Morgan fingerprint density at radius 2 is 2.07 bits per heavy atom. The molecule has 0 atom stereocenters. The van der Waals surface area contributed by atoms with Gasteiger partial charge in [-0.05, 0) is 35.7 Å². The minimum Gasteiger partial charge on any atom is -0.481 e. The van der Waals surface area contributed by atoms with E-state index in [2.05, 4.69) is 15.9 Å². The number of carboxylic acids is 1. The molecule has 0 heterocycles. The van der Waals surface area contributed by atoms with Crippen LogP contribution in [0.15, 0.2) is 12.1 Å². The van der Waals surface area contributed by atoms with E-state index in [1.165, 1.54) is 12.1 Å². The Hall–Kier alpha value is -0.900. The molecule has 0 aliphatic rings. The van der Waals surface area contributed by atoms with Crippen LogP contribution >= 0.6 is 15.9 Å². The zero-order valence-corrected chi connectivity index (χ0v) is 9.27. The molecule has 0 bridgehead atoms. The Labute approximate surface area is 89.9 Å². The molecule has 0 amide bonds. The van der Waals surface area contributed by atoms with Gasteiger partial charge in [0.15, 0.2) is 0 Å². The number of rotatable bonds is 3. The molecule has 1 aromatic rings. The van der Waals surface area contributed by atoms with E-state index in [0.29, 0.717) is 10.9 Å². The fourth-order valence-corrected chi connectivity index (χ4v) is 1.87. The molecule has 0 aliphatic heterocycles. The molecule has 0 fully saturated rings. The van der Waals surface area contributed by atoms with Crippen LogP contribution in [0.2, 0.25) is 0 Å². The van der Waals surface area contributed by atoms with Crippen molar-refractivity contribution in [2.24, 2.45) is 0 Å². The lowest BCUT2D eigenvalue weighted by molar-refractivity contribution is -0.136. The molecule has 0 unspecified atom stereocenters. The van der Waals surface area contributed by atoms with E-state index >= 15 is 0 Å². The zero-order chi connectivity index (χ0) is 10.7. The number of halogens is 2. The largest absolute Gasteiger partial charge is 0.481 e. The maximum atomic E-state index is 13.0. The van der Waals surface area contributed by atoms with Crippen molar-refractivity contribution in [1.82, 2.24) is 0 Å². The van der Waals surface area contributed by atoms with E-state index in [0.717, 1.165) is 11.1 Å². The fraction of sp³-hybridized carbons (Fsp3) is 0.300. The number of hydrogen-bond donors (Lipinski definition) is 1. The van der Waals surface area contributed by atoms with Crippen LogP contribution < -0.4 is 0 Å². The third-order valence-electron chi connectivity index (χ3n) is 2.07. The van der Waals surface area contributed by atoms with Gasteiger partial charge in [-0.2, -0.15) is 0 Å². The van der Waals surface area contributed by atoms with Gasteiger partial charge in [0.1, 0.15) is 5.82 Å². The molecule has 0 radical (unpaired) electrons. The molecule has 1 rings (SSSR count). The van der Waals surface area contributed by atoms with Gasteiger partial charge >= 0.3 is 5.97 Å². The van der Waals surface area contributed by atoms with Gasteiger partial charge in [0.2, 0.25) is 0 Å². The molecule has 0 aliphatic carbocycles. The molecule has 0 aromatic heterocycles. The van der Waals surface area contributed by atoms with Crippen molar-refractivity contribution in [1.29, 1.82) is 0 Å². The third kappa shape index (κ3) is 2.54. The van der Waals surface area contributed by atoms with Crippen LogP contribution in [-0.2, 0) is 16.5 Å². The minimum absolute atomic E-state index is 0.135. The van der Waals surface area contributed by atoms with Gasteiger partial charge in [0, 0.05) is 5.33 Å². The van der Waals surface area contributed by atoms with Crippen molar-refractivity contribution < 1.29 is 14.3 Å². The lowest BCUT2D eigenvalue weighted by atomic mass is 10.0. The maximum Gasteiger partial charge on any atom is 0.307 e. The summed E-state index contributed by atoms with van der Waals surface area (Å²) in [6.07, 6.45) is -0.135. The van der Waals surface area contributed by atoms with Crippen LogP contribution in [0.5, 0.6) is 0 Å². The van der Waals surface area contributed by atoms with Crippen LogP contribution in [0, 0.1) is 12.7 Å². The Morgan fingerprint density at radius 1 is 1.50 bits per heavy atom. The smallest absolute Gasteiger partial charge is 0.307 e. The summed E-state index contributed by atoms with van der Waals surface area (Å²) in [4.78, 5) is 10.5. The van der Waals surface area contributed by atoms with Crippen LogP contribution in [0.4, 0.5) is 4.39 Å². The fourth-order valence-electron chi connectivity index (χ4n) is 1.28. The quantitative estimate of drug-likeness (QED) is 0.849. The zero-order valence-electron chi connectivity index (χ0n) is 7.68. The van der Waals surface area contributed by atoms with Gasteiger partial charge < -0.3 is 5.11 Å². The van der Waals surface area contributed by atoms with E-state index in [4.69, 9.17) is 5.11 Å². The van der Waals surface area contributed by atoms with Crippen molar-refractivity contribution in [3.05, 3.63) is 34.6 Å². The summed E-state index contributed by atoms with van der Waals surface area (Å²) < 4.78 is 13.0. The van der Waals surface area contributed by atoms with Gasteiger partial charge in [0.25, 0.3) is 0 Å². The molecule has 1 aromatic carbocycles. The number of benzene rings is 1. The second-order valence-electron chi connectivity index (χ2n) is 3.05. The van der Waals surface area contributed by atoms with E-state index in [9.17, 15) is 9.18 Å². The lowest BCUT2D eigenvalue weighted by Gasteiger charge is -2.08. The van der Waals surface area contributed by atoms with Crippen LogP contribution in [0.1, 0.15) is 16.7 Å². The highest BCUT2D eigenvalue weighted by atomic mass is 79.9. The first-order valence-electron chi connectivity index (χ1n) is 4.10. The van der Waals surface area contributed by atoms with E-state index < -0.39 is 5.97 Å². The van der Waals surface area contributed by atoms with E-state index in [1.54, 1.807) is 6.92 Å². The monoisotopic (exact) mass is 260 g/mol. The SMILES string of the molecule is Cc1c(CBr)cc(F)cc1CC(=O)O. The summed E-state index contributed by atoms with van der Waals surface area (Å²) in [5, 5.41) is 9.14. The Bertz CT molecular complexity index is 363. The number of carbonyl (C=O) groups is 1. The Kier molecular flexibility index (Phi) is 3.63. The highest BCUT2D eigenvalue weighted by molar-refractivity contribution is 9.08. The Balaban J connectivity index is 3.15. The molecule has 0 saturated carbocycles. The molecule has 14 heavy (non-hydrogen) atoms. The predicted octanol–water partition coefficient (Wildman–Crippen LogP) is 2.66. The highest BCUT2D eigenvalue weighted by Gasteiger charge is 2.09. The first kappa shape index (κ1) is 11.2. The lowest BCUT2D eigenvalue weighted by Crippen LogP contribution is -2.04. The molecule has 4 heteroatoms. The number of carboxylic acid groups (broad SMARTS) is 1. The van der Waals surface area contributed by atoms with Gasteiger partial charge in [0.05, 0.1) is 6.42 Å². The summed E-state index contributed by atoms with van der Waals surface area (Å²) in [6, 6.07) is 2.69. The van der Waals surface area contributed by atoms with Crippen LogP contribution in [-0.4, -0.2) is 11.1 Å². The van der Waals surface area contributed by atoms with Gasteiger partial charge in [-0.1, -0.05) is 15.9 Å². The van der Waals surface area contributed by atoms with Crippen molar-refractivity contribution in [2.75, 3.05) is 0 Å². The van der Waals surface area contributed by atoms with Crippen LogP contribution in [0.3, 0.4) is 0 Å². The molecule has 2 nitrogen and oxygen atoms in total. The first-order chi connectivity index (χ1) is 6.54. The third-order valence-corrected chi connectivity index (χ3v) is 2.68. The second kappa shape index (κ2) is 4.55. The topological polar surface area (TPSA) is 37.3 Å². The molecular formula is C10H10BrFO2. The van der Waals surface area contributed by atoms with E-state index in [1.807, 2.05) is 0 Å². The van der Waals surface area contributed by atoms with Gasteiger partial charge in [-0.3, -0.25) is 4.79 Å². The molecule has 1 N–H and O–H groups in total. The molecule has 0 saturated heterocycles. The van der Waals surface area contributed by atoms with Crippen molar-refractivity contribution >= 4 is 21.9 Å². The number of aliphatic carboxylic acids is 1. The molecule has 76 valence electrons. The average Bonchev–Trinajstić information content (AvgIpc) is 2.09. The van der Waals surface area contributed by atoms with E-state index in [-0.39, 0.29) is 12.2 Å². The second-order valence-corrected chi connectivity index (χ2v) is 3.61. The molecular weight excluding hydrogens is 251 g/mol. The number of hydrogen-bond acceptors (Lipinski definition) is 1. The maximum absolute atomic E-state index is 13.0.